The Balaban J connectivity index is 2.91. The number of nitrogens with zero attached hydrogens (tertiary/aromatic N) is 1. The highest BCUT2D eigenvalue weighted by molar-refractivity contribution is 5.80. The van der Waals surface area contributed by atoms with Crippen molar-refractivity contribution in [1.29, 1.82) is 0 Å². The molecule has 0 fully saturated rings. The molecule has 3 nitrogen and oxygen atoms in total. The molecule has 0 heterocycles. The summed E-state index contributed by atoms with van der Waals surface area (Å²) < 4.78 is 0. The van der Waals surface area contributed by atoms with Gasteiger partial charge in [0.25, 0.3) is 0 Å². The number of anilines is 1. The predicted molar refractivity (Wildman–Crippen MR) is 61.1 cm³/mol. The molecule has 1 aromatic rings. The molecule has 0 atom stereocenters. The average Bonchev–Trinajstić information content (AvgIpc) is 2.12. The number of hydrogen-bond acceptors (Lipinski definition) is 2. The number of hydrogen-bond donors (Lipinski definition) is 1. The van der Waals surface area contributed by atoms with Gasteiger partial charge in [0.05, 0.1) is 0 Å². The topological polar surface area (TPSA) is 40.5 Å². The lowest BCUT2D eigenvalue weighted by Gasteiger charge is -2.15. The van der Waals surface area contributed by atoms with E-state index in [1.165, 1.54) is 17.3 Å². The van der Waals surface area contributed by atoms with E-state index in [1.54, 1.807) is 4.90 Å². The highest BCUT2D eigenvalue weighted by atomic mass is 16.4. The maximum absolute atomic E-state index is 10.4. The Kier molecular flexibility index (Phi) is 3.50. The van der Waals surface area contributed by atoms with Crippen LogP contribution in [-0.4, -0.2) is 18.1 Å². The van der Waals surface area contributed by atoms with E-state index in [2.05, 4.69) is 6.07 Å². The van der Waals surface area contributed by atoms with E-state index in [0.29, 0.717) is 0 Å². The lowest BCUT2D eigenvalue weighted by molar-refractivity contribution is -0.131. The Bertz CT molecular complexity index is 376. The smallest absolute Gasteiger partial charge is 0.329 e. The summed E-state index contributed by atoms with van der Waals surface area (Å²) >= 11 is 0. The lowest BCUT2D eigenvalue weighted by atomic mass is 10.1. The van der Waals surface area contributed by atoms with Crippen molar-refractivity contribution in [3.05, 3.63) is 41.6 Å². The van der Waals surface area contributed by atoms with Gasteiger partial charge in [0.2, 0.25) is 0 Å². The maximum Gasteiger partial charge on any atom is 0.329 e. The van der Waals surface area contributed by atoms with Gasteiger partial charge in [-0.3, -0.25) is 0 Å². The Labute approximate surface area is 89.6 Å². The van der Waals surface area contributed by atoms with Gasteiger partial charge in [0.15, 0.2) is 0 Å². The fourth-order valence-corrected chi connectivity index (χ4v) is 1.42. The number of aliphatic carboxylic acids is 1. The van der Waals surface area contributed by atoms with Crippen molar-refractivity contribution in [2.75, 3.05) is 11.9 Å². The fraction of sp³-hybridized carbons (Fsp3) is 0.250. The molecule has 0 aliphatic carbocycles. The van der Waals surface area contributed by atoms with Crippen molar-refractivity contribution in [3.8, 4) is 0 Å². The van der Waals surface area contributed by atoms with Crippen molar-refractivity contribution in [3.63, 3.8) is 0 Å². The van der Waals surface area contributed by atoms with Crippen LogP contribution in [0, 0.1) is 13.8 Å². The first-order valence-corrected chi connectivity index (χ1v) is 4.71. The van der Waals surface area contributed by atoms with E-state index in [9.17, 15) is 4.79 Å². The summed E-state index contributed by atoms with van der Waals surface area (Å²) in [5.74, 6) is -0.939. The molecule has 0 unspecified atom stereocenters. The van der Waals surface area contributed by atoms with Crippen LogP contribution < -0.4 is 4.90 Å². The van der Waals surface area contributed by atoms with Gasteiger partial charge in [0, 0.05) is 25.0 Å². The van der Waals surface area contributed by atoms with Gasteiger partial charge in [-0.15, -0.1) is 0 Å². The second kappa shape index (κ2) is 4.64. The van der Waals surface area contributed by atoms with Crippen molar-refractivity contribution in [2.24, 2.45) is 0 Å². The number of carboxylic acids is 1. The van der Waals surface area contributed by atoms with Gasteiger partial charge in [-0.05, 0) is 37.1 Å². The summed E-state index contributed by atoms with van der Waals surface area (Å²) in [5.41, 5.74) is 3.33. The van der Waals surface area contributed by atoms with E-state index in [1.807, 2.05) is 33.0 Å². The van der Waals surface area contributed by atoms with E-state index >= 15 is 0 Å². The summed E-state index contributed by atoms with van der Waals surface area (Å²) in [4.78, 5) is 12.1. The molecule has 0 aromatic heterocycles. The van der Waals surface area contributed by atoms with Crippen molar-refractivity contribution in [2.45, 2.75) is 13.8 Å². The third-order valence-corrected chi connectivity index (χ3v) is 2.05. The number of rotatable bonds is 3. The molecule has 80 valence electrons. The van der Waals surface area contributed by atoms with Crippen LogP contribution >= 0.6 is 0 Å². The summed E-state index contributed by atoms with van der Waals surface area (Å²) in [6.45, 7) is 4.04. The summed E-state index contributed by atoms with van der Waals surface area (Å²) in [7, 11) is 1.83. The molecule has 1 aromatic carbocycles. The molecule has 0 saturated carbocycles. The highest BCUT2D eigenvalue weighted by Gasteiger charge is 1.99. The Morgan fingerprint density at radius 3 is 2.27 bits per heavy atom. The van der Waals surface area contributed by atoms with Gasteiger partial charge >= 0.3 is 5.97 Å². The third kappa shape index (κ3) is 3.46. The summed E-state index contributed by atoms with van der Waals surface area (Å²) in [6, 6.07) is 6.11. The number of benzene rings is 1. The largest absolute Gasteiger partial charge is 0.478 e. The van der Waals surface area contributed by atoms with Crippen LogP contribution in [0.15, 0.2) is 30.5 Å². The summed E-state index contributed by atoms with van der Waals surface area (Å²) in [6.07, 6.45) is 2.66. The molecule has 3 heteroatoms. The van der Waals surface area contributed by atoms with Gasteiger partial charge in [-0.2, -0.15) is 0 Å². The predicted octanol–water partition coefficient (Wildman–Crippen LogP) is 2.34. The molecule has 0 aliphatic rings. The fourth-order valence-electron chi connectivity index (χ4n) is 1.42. The van der Waals surface area contributed by atoms with Gasteiger partial charge in [0.1, 0.15) is 0 Å². The van der Waals surface area contributed by atoms with Crippen LogP contribution in [0.2, 0.25) is 0 Å². The molecule has 0 bridgehead atoms. The molecular weight excluding hydrogens is 190 g/mol. The van der Waals surface area contributed by atoms with E-state index in [4.69, 9.17) is 5.11 Å². The van der Waals surface area contributed by atoms with Crippen molar-refractivity contribution >= 4 is 11.7 Å². The van der Waals surface area contributed by atoms with Crippen LogP contribution in [0.25, 0.3) is 0 Å². The number of carbonyl (C=O) groups is 1. The SMILES string of the molecule is Cc1cc(C)cc(N(C)C=CC(=O)O)c1. The molecular formula is C12H15NO2. The molecule has 1 rings (SSSR count). The van der Waals surface area contributed by atoms with Gasteiger partial charge in [-0.1, -0.05) is 6.07 Å². The lowest BCUT2D eigenvalue weighted by Crippen LogP contribution is -2.09. The monoisotopic (exact) mass is 205 g/mol. The van der Waals surface area contributed by atoms with Crippen LogP contribution in [0.3, 0.4) is 0 Å². The zero-order valence-corrected chi connectivity index (χ0v) is 9.19. The Morgan fingerprint density at radius 1 is 1.27 bits per heavy atom. The average molecular weight is 205 g/mol. The molecule has 0 radical (unpaired) electrons. The second-order valence-corrected chi connectivity index (χ2v) is 3.61. The zero-order chi connectivity index (χ0) is 11.4. The van der Waals surface area contributed by atoms with Crippen LogP contribution in [0.1, 0.15) is 11.1 Å². The van der Waals surface area contributed by atoms with Crippen LogP contribution in [0.4, 0.5) is 5.69 Å². The minimum Gasteiger partial charge on any atom is -0.478 e. The van der Waals surface area contributed by atoms with Gasteiger partial charge < -0.3 is 10.0 Å². The first kappa shape index (κ1) is 11.3. The maximum atomic E-state index is 10.4. The first-order chi connectivity index (χ1) is 6.99. The van der Waals surface area contributed by atoms with Crippen LogP contribution in [0.5, 0.6) is 0 Å². The molecule has 15 heavy (non-hydrogen) atoms. The van der Waals surface area contributed by atoms with Gasteiger partial charge in [-0.25, -0.2) is 4.79 Å². The van der Waals surface area contributed by atoms with Crippen molar-refractivity contribution < 1.29 is 9.90 Å². The normalized spacial score (nSPS) is 10.6. The van der Waals surface area contributed by atoms with E-state index in [-0.39, 0.29) is 0 Å². The zero-order valence-electron chi connectivity index (χ0n) is 9.19. The van der Waals surface area contributed by atoms with E-state index < -0.39 is 5.97 Å². The Hall–Kier alpha value is -1.77. The molecule has 0 spiro atoms. The number of carboxylic acid groups (broad SMARTS) is 1. The minimum atomic E-state index is -0.939. The Morgan fingerprint density at radius 2 is 1.80 bits per heavy atom. The third-order valence-electron chi connectivity index (χ3n) is 2.05. The molecule has 0 saturated heterocycles. The first-order valence-electron chi connectivity index (χ1n) is 4.71. The second-order valence-electron chi connectivity index (χ2n) is 3.61. The van der Waals surface area contributed by atoms with E-state index in [0.717, 1.165) is 11.8 Å². The highest BCUT2D eigenvalue weighted by Crippen LogP contribution is 2.17. The number of aryl methyl sites for hydroxylation is 2. The van der Waals surface area contributed by atoms with Crippen molar-refractivity contribution in [1.82, 2.24) is 0 Å². The minimum absolute atomic E-state index is 0.939. The molecule has 0 aliphatic heterocycles. The van der Waals surface area contributed by atoms with Crippen LogP contribution in [-0.2, 0) is 4.79 Å². The molecule has 1 N–H and O–H groups in total. The molecule has 0 amide bonds. The summed E-state index contributed by atoms with van der Waals surface area (Å²) in [5, 5.41) is 8.50. The standard InChI is InChI=1S/C12H15NO2/c1-9-6-10(2)8-11(7-9)13(3)5-4-12(14)15/h4-8H,1-3H3,(H,14,15). The quantitative estimate of drug-likeness (QED) is 0.770.